The highest BCUT2D eigenvalue weighted by Gasteiger charge is 2.32. The van der Waals surface area contributed by atoms with Crippen molar-refractivity contribution in [2.75, 3.05) is 13.1 Å². The first kappa shape index (κ1) is 25.2. The van der Waals surface area contributed by atoms with Crippen LogP contribution in [0.2, 0.25) is 0 Å². The molecule has 2 heterocycles. The molecule has 0 saturated carbocycles. The van der Waals surface area contributed by atoms with Gasteiger partial charge in [-0.05, 0) is 22.9 Å². The molecule has 14 nitrogen and oxygen atoms in total. The van der Waals surface area contributed by atoms with Gasteiger partial charge in [0.25, 0.3) is 0 Å². The fraction of sp³-hybridized carbons (Fsp3) is 0.222. The topological polar surface area (TPSA) is 246 Å². The lowest BCUT2D eigenvalue weighted by Crippen LogP contribution is -2.36. The van der Waals surface area contributed by atoms with Crippen molar-refractivity contribution in [3.63, 3.8) is 0 Å². The lowest BCUT2D eigenvalue weighted by atomic mass is 9.98. The molecule has 4 rings (SSSR count). The second-order valence-electron chi connectivity index (χ2n) is 7.30. The number of aliphatic hydroxyl groups is 1. The third-order valence-electron chi connectivity index (χ3n) is 4.97. The highest BCUT2D eigenvalue weighted by atomic mass is 32.2. The number of fused-ring (bicyclic) bond motifs is 1. The molecular formula is C18H21N9O5S3. The largest absolute Gasteiger partial charge is 0.390 e. The Morgan fingerprint density at radius 2 is 1.89 bits per heavy atom. The number of thiazole rings is 1. The Labute approximate surface area is 203 Å². The monoisotopic (exact) mass is 539 g/mol. The number of hydrogen-bond donors (Lipinski definition) is 6. The van der Waals surface area contributed by atoms with Gasteiger partial charge in [-0.2, -0.15) is 5.21 Å². The van der Waals surface area contributed by atoms with Crippen LogP contribution in [0.3, 0.4) is 0 Å². The van der Waals surface area contributed by atoms with Crippen molar-refractivity contribution in [2.45, 2.75) is 22.4 Å². The Morgan fingerprint density at radius 3 is 2.51 bits per heavy atom. The van der Waals surface area contributed by atoms with Crippen molar-refractivity contribution >= 4 is 41.6 Å². The van der Waals surface area contributed by atoms with Gasteiger partial charge in [-0.1, -0.05) is 18.2 Å². The van der Waals surface area contributed by atoms with Gasteiger partial charge in [0.15, 0.2) is 0 Å². The molecule has 0 aliphatic heterocycles. The Balaban J connectivity index is 2.05. The van der Waals surface area contributed by atoms with E-state index in [0.717, 1.165) is 10.8 Å². The van der Waals surface area contributed by atoms with Gasteiger partial charge in [-0.25, -0.2) is 31.7 Å². The average molecular weight is 540 g/mol. The molecule has 4 aromatic rings. The van der Waals surface area contributed by atoms with Crippen molar-refractivity contribution < 1.29 is 21.9 Å². The van der Waals surface area contributed by atoms with Crippen molar-refractivity contribution in [1.29, 1.82) is 0 Å². The number of nitrogens with one attached hydrogen (secondary N) is 2. The zero-order valence-electron chi connectivity index (χ0n) is 17.9. The van der Waals surface area contributed by atoms with Crippen molar-refractivity contribution in [2.24, 2.45) is 16.6 Å². The van der Waals surface area contributed by atoms with Crippen LogP contribution in [0.4, 0.5) is 0 Å². The summed E-state index contributed by atoms with van der Waals surface area (Å²) in [5.41, 5.74) is 12.2. The first-order valence-corrected chi connectivity index (χ1v) is 13.8. The van der Waals surface area contributed by atoms with Crippen LogP contribution in [-0.2, 0) is 26.6 Å². The number of sulfonamides is 2. The Bertz CT molecular complexity index is 1590. The molecule has 0 aliphatic rings. The Hall–Kier alpha value is -2.90. The Kier molecular flexibility index (Phi) is 6.93. The molecule has 2 aromatic carbocycles. The molecule has 1 unspecified atom stereocenters. The van der Waals surface area contributed by atoms with E-state index in [2.05, 4.69) is 30.3 Å². The summed E-state index contributed by atoms with van der Waals surface area (Å²) >= 11 is 1.37. The van der Waals surface area contributed by atoms with Crippen LogP contribution in [0.15, 0.2) is 40.1 Å². The molecule has 9 N–H and O–H groups in total. The maximum atomic E-state index is 13.1. The predicted molar refractivity (Wildman–Crippen MR) is 128 cm³/mol. The van der Waals surface area contributed by atoms with Crippen LogP contribution < -0.4 is 21.3 Å². The molecule has 186 valence electrons. The number of hydrogen-bond acceptors (Lipinski definition) is 12. The number of primary sulfonamides is 1. The lowest BCUT2D eigenvalue weighted by molar-refractivity contribution is 0.186. The first-order valence-electron chi connectivity index (χ1n) is 9.97. The molecule has 0 amide bonds. The average Bonchev–Trinajstić information content (AvgIpc) is 3.50. The van der Waals surface area contributed by atoms with Crippen LogP contribution >= 0.6 is 11.3 Å². The van der Waals surface area contributed by atoms with E-state index >= 15 is 0 Å². The van der Waals surface area contributed by atoms with Crippen LogP contribution in [0.25, 0.3) is 32.7 Å². The SMILES string of the molecule is NCc1nc2c(-c3ccc(S(=O)(=O)NCC(O)CN)c(S(N)(=O)=O)c3-c3nn[nH]n3)cccc2s1. The number of benzene rings is 2. The Morgan fingerprint density at radius 1 is 1.11 bits per heavy atom. The van der Waals surface area contributed by atoms with Gasteiger partial charge < -0.3 is 16.6 Å². The number of aromatic nitrogens is 5. The van der Waals surface area contributed by atoms with Crippen LogP contribution in [0.5, 0.6) is 0 Å². The minimum absolute atomic E-state index is 0.182. The van der Waals surface area contributed by atoms with E-state index in [9.17, 15) is 21.9 Å². The normalized spacial score (nSPS) is 13.4. The van der Waals surface area contributed by atoms with E-state index in [4.69, 9.17) is 16.6 Å². The summed E-state index contributed by atoms with van der Waals surface area (Å²) in [7, 11) is -9.14. The molecule has 35 heavy (non-hydrogen) atoms. The zero-order chi connectivity index (χ0) is 25.4. The molecule has 17 heteroatoms. The lowest BCUT2D eigenvalue weighted by Gasteiger charge is -2.17. The van der Waals surface area contributed by atoms with Crippen molar-refractivity contribution in [1.82, 2.24) is 30.3 Å². The van der Waals surface area contributed by atoms with Gasteiger partial charge >= 0.3 is 0 Å². The number of para-hydroxylation sites is 1. The van der Waals surface area contributed by atoms with E-state index in [1.807, 2.05) is 6.07 Å². The maximum Gasteiger partial charge on any atom is 0.242 e. The van der Waals surface area contributed by atoms with E-state index < -0.39 is 42.5 Å². The second-order valence-corrected chi connectivity index (χ2v) is 11.7. The highest BCUT2D eigenvalue weighted by Crippen LogP contribution is 2.41. The number of rotatable bonds is 9. The summed E-state index contributed by atoms with van der Waals surface area (Å²) in [5.74, 6) is -0.200. The van der Waals surface area contributed by atoms with Gasteiger partial charge in [0.1, 0.15) is 14.8 Å². The van der Waals surface area contributed by atoms with E-state index in [-0.39, 0.29) is 30.0 Å². The molecule has 0 aliphatic carbocycles. The number of aromatic amines is 1. The smallest absolute Gasteiger partial charge is 0.242 e. The molecule has 2 aromatic heterocycles. The van der Waals surface area contributed by atoms with E-state index in [1.165, 1.54) is 17.4 Å². The van der Waals surface area contributed by atoms with Crippen LogP contribution in [0.1, 0.15) is 5.01 Å². The molecule has 1 atom stereocenters. The quantitative estimate of drug-likeness (QED) is 0.148. The molecule has 0 saturated heterocycles. The minimum Gasteiger partial charge on any atom is -0.390 e. The van der Waals surface area contributed by atoms with Crippen molar-refractivity contribution in [3.05, 3.63) is 35.3 Å². The van der Waals surface area contributed by atoms with Gasteiger partial charge in [0, 0.05) is 25.2 Å². The van der Waals surface area contributed by atoms with E-state index in [0.29, 0.717) is 16.1 Å². The minimum atomic E-state index is -4.67. The summed E-state index contributed by atoms with van der Waals surface area (Å²) in [6, 6.07) is 7.77. The fourth-order valence-electron chi connectivity index (χ4n) is 3.44. The highest BCUT2D eigenvalue weighted by molar-refractivity contribution is 7.92. The standard InChI is InChI=1S/C18H21N9O5S3/c19-6-9(28)8-22-35(31,32)13-5-4-10(11-2-1-3-12-16(11)23-14(7-20)33-12)15(17(13)34(21,29)30)18-24-26-27-25-18/h1-5,9,22,28H,6-8,19-20H2,(H2,21,29,30)(H,24,25,26,27). The van der Waals surface area contributed by atoms with Crippen LogP contribution in [-0.4, -0.2) is 66.7 Å². The molecular weight excluding hydrogens is 518 g/mol. The van der Waals surface area contributed by atoms with Gasteiger partial charge in [-0.15, -0.1) is 21.5 Å². The predicted octanol–water partition coefficient (Wildman–Crippen LogP) is -1.15. The molecule has 0 radical (unpaired) electrons. The van der Waals surface area contributed by atoms with Gasteiger partial charge in [0.2, 0.25) is 25.9 Å². The third kappa shape index (κ3) is 4.93. The number of tetrazole rings is 1. The van der Waals surface area contributed by atoms with Crippen molar-refractivity contribution in [3.8, 4) is 22.5 Å². The summed E-state index contributed by atoms with van der Waals surface area (Å²) in [5, 5.41) is 29.3. The van der Waals surface area contributed by atoms with E-state index in [1.54, 1.807) is 12.1 Å². The summed E-state index contributed by atoms with van der Waals surface area (Å²) in [6.45, 7) is -0.446. The fourth-order valence-corrected chi connectivity index (χ4v) is 6.98. The number of H-pyrrole nitrogens is 1. The zero-order valence-corrected chi connectivity index (χ0v) is 20.4. The maximum absolute atomic E-state index is 13.1. The van der Waals surface area contributed by atoms with Gasteiger partial charge in [0.05, 0.1) is 21.9 Å². The summed E-state index contributed by atoms with van der Waals surface area (Å²) in [6.07, 6.45) is -1.18. The van der Waals surface area contributed by atoms with Gasteiger partial charge in [-0.3, -0.25) is 0 Å². The number of aliphatic hydroxyl groups excluding tert-OH is 1. The summed E-state index contributed by atoms with van der Waals surface area (Å²) < 4.78 is 54.7. The number of nitrogens with zero attached hydrogens (tertiary/aromatic N) is 4. The second kappa shape index (κ2) is 9.63. The van der Waals surface area contributed by atoms with Crippen LogP contribution in [0, 0.1) is 0 Å². The molecule has 0 bridgehead atoms. The molecule has 0 spiro atoms. The number of nitrogens with two attached hydrogens (primary N) is 3. The molecule has 0 fully saturated rings. The third-order valence-corrected chi connectivity index (χ3v) is 8.60. The summed E-state index contributed by atoms with van der Waals surface area (Å²) in [4.78, 5) is 3.14. The first-order chi connectivity index (χ1) is 16.6.